The summed E-state index contributed by atoms with van der Waals surface area (Å²) < 4.78 is 6.66. The number of nitrogens with zero attached hydrogens (tertiary/aromatic N) is 1. The van der Waals surface area contributed by atoms with Gasteiger partial charge in [0.15, 0.2) is 0 Å². The van der Waals surface area contributed by atoms with E-state index in [0.29, 0.717) is 23.6 Å². The second-order valence-corrected chi connectivity index (χ2v) is 8.71. The minimum atomic E-state index is -0.196. The fourth-order valence-corrected chi connectivity index (χ4v) is 5.88. The minimum absolute atomic E-state index is 0. The van der Waals surface area contributed by atoms with E-state index in [1.165, 1.54) is 45.1 Å². The highest BCUT2D eigenvalue weighted by Gasteiger charge is 2.57. The first-order chi connectivity index (χ1) is 11.6. The van der Waals surface area contributed by atoms with Crippen molar-refractivity contribution in [2.24, 2.45) is 11.3 Å². The van der Waals surface area contributed by atoms with Crippen molar-refractivity contribution < 1.29 is 9.53 Å². The molecule has 2 aliphatic heterocycles. The van der Waals surface area contributed by atoms with E-state index < -0.39 is 0 Å². The monoisotopic (exact) mass is 427 g/mol. The summed E-state index contributed by atoms with van der Waals surface area (Å²) in [5, 5.41) is 0. The normalized spacial score (nSPS) is 33.6. The van der Waals surface area contributed by atoms with Crippen LogP contribution >= 0.6 is 28.3 Å². The number of hydrogen-bond acceptors (Lipinski definition) is 3. The largest absolute Gasteiger partial charge is 0.460 e. The third-order valence-electron chi connectivity index (χ3n) is 6.78. The maximum Gasteiger partial charge on any atom is 0.338 e. The van der Waals surface area contributed by atoms with Crippen LogP contribution in [0.3, 0.4) is 0 Å². The molecule has 0 spiro atoms. The summed E-state index contributed by atoms with van der Waals surface area (Å²) in [7, 11) is 0. The topological polar surface area (TPSA) is 29.5 Å². The van der Waals surface area contributed by atoms with Gasteiger partial charge in [0, 0.05) is 16.6 Å². The third-order valence-corrected chi connectivity index (χ3v) is 7.31. The number of esters is 1. The van der Waals surface area contributed by atoms with Crippen LogP contribution in [0, 0.1) is 11.3 Å². The molecule has 0 unspecified atom stereocenters. The molecule has 0 N–H and O–H groups in total. The lowest BCUT2D eigenvalue weighted by molar-refractivity contribution is 0.0358. The van der Waals surface area contributed by atoms with Gasteiger partial charge in [-0.25, -0.2) is 4.79 Å². The zero-order chi connectivity index (χ0) is 16.7. The number of benzene rings is 1. The summed E-state index contributed by atoms with van der Waals surface area (Å²) in [6, 6.07) is 8.57. The molecule has 5 heteroatoms. The first kappa shape index (κ1) is 19.2. The first-order valence-corrected chi connectivity index (χ1v) is 10.1. The molecule has 1 saturated carbocycles. The van der Waals surface area contributed by atoms with E-state index in [9.17, 15) is 4.79 Å². The summed E-state index contributed by atoms with van der Waals surface area (Å²) in [6.07, 6.45) is 7.98. The van der Waals surface area contributed by atoms with Gasteiger partial charge in [-0.15, -0.1) is 12.4 Å². The van der Waals surface area contributed by atoms with Gasteiger partial charge in [0.05, 0.1) is 5.56 Å². The molecule has 0 bridgehead atoms. The lowest BCUT2D eigenvalue weighted by Crippen LogP contribution is -2.44. The fraction of sp³-hybridized carbons (Fsp3) is 0.650. The molecule has 25 heavy (non-hydrogen) atoms. The molecule has 0 aromatic heterocycles. The van der Waals surface area contributed by atoms with Crippen molar-refractivity contribution in [3.8, 4) is 0 Å². The molecular weight excluding hydrogens is 402 g/mol. The van der Waals surface area contributed by atoms with Gasteiger partial charge in [-0.05, 0) is 74.2 Å². The standard InChI is InChI=1S/C20H26BrNO2.ClH/c1-2-20-9-3-4-15-12-17(22(11-10-20)18(15)20)13-24-19(23)14-5-7-16(21)8-6-14;/h5-8,15,17-18H,2-4,9-13H2,1H3;1H/t15-,17+,18+,20+;/m1./s1. The van der Waals surface area contributed by atoms with E-state index in [4.69, 9.17) is 4.74 Å². The molecule has 1 aromatic rings. The Labute approximate surface area is 165 Å². The number of hydrogen-bond donors (Lipinski definition) is 0. The highest BCUT2D eigenvalue weighted by Crippen LogP contribution is 2.56. The van der Waals surface area contributed by atoms with E-state index in [1.54, 1.807) is 0 Å². The Morgan fingerprint density at radius 3 is 2.80 bits per heavy atom. The molecule has 3 nitrogen and oxygen atoms in total. The summed E-state index contributed by atoms with van der Waals surface area (Å²) in [5.74, 6) is 0.621. The van der Waals surface area contributed by atoms with Gasteiger partial charge in [0.1, 0.15) is 6.61 Å². The molecule has 2 saturated heterocycles. The molecule has 0 amide bonds. The van der Waals surface area contributed by atoms with Gasteiger partial charge in [-0.3, -0.25) is 4.90 Å². The van der Waals surface area contributed by atoms with Crippen LogP contribution in [0.1, 0.15) is 55.8 Å². The summed E-state index contributed by atoms with van der Waals surface area (Å²) in [5.41, 5.74) is 1.19. The Balaban J connectivity index is 0.00000182. The number of ether oxygens (including phenoxy) is 1. The van der Waals surface area contributed by atoms with Gasteiger partial charge in [-0.1, -0.05) is 29.3 Å². The van der Waals surface area contributed by atoms with Crippen molar-refractivity contribution in [2.75, 3.05) is 13.2 Å². The van der Waals surface area contributed by atoms with Crippen LogP contribution in [0.5, 0.6) is 0 Å². The second-order valence-electron chi connectivity index (χ2n) is 7.80. The number of halogens is 2. The summed E-state index contributed by atoms with van der Waals surface area (Å²) in [4.78, 5) is 15.0. The number of carbonyl (C=O) groups is 1. The highest BCUT2D eigenvalue weighted by molar-refractivity contribution is 9.10. The van der Waals surface area contributed by atoms with Crippen molar-refractivity contribution in [1.82, 2.24) is 4.90 Å². The SMILES string of the molecule is CC[C@]12CCC[C@@H]3C[C@@H](COC(=O)c4ccc(Br)cc4)N(CC1)[C@@H]32.Cl. The molecule has 1 aliphatic carbocycles. The van der Waals surface area contributed by atoms with Crippen molar-refractivity contribution >= 4 is 34.3 Å². The lowest BCUT2D eigenvalue weighted by atomic mass is 9.65. The molecule has 2 heterocycles. The van der Waals surface area contributed by atoms with Crippen LogP contribution in [0.25, 0.3) is 0 Å². The van der Waals surface area contributed by atoms with Crippen LogP contribution < -0.4 is 0 Å². The van der Waals surface area contributed by atoms with Crippen molar-refractivity contribution in [2.45, 2.75) is 57.5 Å². The Hall–Kier alpha value is -0.580. The first-order valence-electron chi connectivity index (χ1n) is 9.31. The van der Waals surface area contributed by atoms with Crippen LogP contribution in [0.15, 0.2) is 28.7 Å². The predicted octanol–water partition coefficient (Wildman–Crippen LogP) is 5.07. The average molecular weight is 429 g/mol. The Bertz CT molecular complexity index is 623. The van der Waals surface area contributed by atoms with E-state index in [-0.39, 0.29) is 18.4 Å². The van der Waals surface area contributed by atoms with Crippen molar-refractivity contribution in [3.63, 3.8) is 0 Å². The number of rotatable bonds is 4. The maximum absolute atomic E-state index is 12.3. The highest BCUT2D eigenvalue weighted by atomic mass is 79.9. The van der Waals surface area contributed by atoms with Gasteiger partial charge in [0.2, 0.25) is 0 Å². The van der Waals surface area contributed by atoms with Crippen LogP contribution in [-0.2, 0) is 4.74 Å². The molecule has 3 fully saturated rings. The quantitative estimate of drug-likeness (QED) is 0.627. The Morgan fingerprint density at radius 1 is 1.32 bits per heavy atom. The molecule has 3 aliphatic rings. The average Bonchev–Trinajstić information content (AvgIpc) is 3.17. The molecule has 138 valence electrons. The van der Waals surface area contributed by atoms with Gasteiger partial charge in [-0.2, -0.15) is 0 Å². The zero-order valence-corrected chi connectivity index (χ0v) is 17.2. The minimum Gasteiger partial charge on any atom is -0.460 e. The van der Waals surface area contributed by atoms with Crippen LogP contribution in [0.2, 0.25) is 0 Å². The van der Waals surface area contributed by atoms with Gasteiger partial charge >= 0.3 is 5.97 Å². The predicted molar refractivity (Wildman–Crippen MR) is 105 cm³/mol. The van der Waals surface area contributed by atoms with E-state index in [0.717, 1.165) is 16.4 Å². The second kappa shape index (κ2) is 7.58. The molecule has 1 aromatic carbocycles. The lowest BCUT2D eigenvalue weighted by Gasteiger charge is -2.42. The zero-order valence-electron chi connectivity index (χ0n) is 14.7. The van der Waals surface area contributed by atoms with Crippen LogP contribution in [0.4, 0.5) is 0 Å². The van der Waals surface area contributed by atoms with Crippen molar-refractivity contribution in [1.29, 1.82) is 0 Å². The maximum atomic E-state index is 12.3. The Morgan fingerprint density at radius 2 is 2.08 bits per heavy atom. The van der Waals surface area contributed by atoms with Gasteiger partial charge in [0.25, 0.3) is 0 Å². The van der Waals surface area contributed by atoms with E-state index >= 15 is 0 Å². The molecule has 0 radical (unpaired) electrons. The molecule has 4 atom stereocenters. The summed E-state index contributed by atoms with van der Waals surface area (Å²) in [6.45, 7) is 4.10. The van der Waals surface area contributed by atoms with Crippen molar-refractivity contribution in [3.05, 3.63) is 34.3 Å². The third kappa shape index (κ3) is 3.38. The van der Waals surface area contributed by atoms with E-state index in [2.05, 4.69) is 27.8 Å². The number of carbonyl (C=O) groups excluding carboxylic acids is 1. The fourth-order valence-electron chi connectivity index (χ4n) is 5.62. The van der Waals surface area contributed by atoms with E-state index in [1.807, 2.05) is 24.3 Å². The van der Waals surface area contributed by atoms with Gasteiger partial charge < -0.3 is 4.74 Å². The molecule has 4 rings (SSSR count). The molecular formula is C20H27BrClNO2. The summed E-state index contributed by atoms with van der Waals surface area (Å²) >= 11 is 3.40. The smallest absolute Gasteiger partial charge is 0.338 e. The Kier molecular flexibility index (Phi) is 5.81. The van der Waals surface area contributed by atoms with Crippen LogP contribution in [-0.4, -0.2) is 36.1 Å².